The van der Waals surface area contributed by atoms with Crippen molar-refractivity contribution in [1.29, 1.82) is 0 Å². The first-order valence-electron chi connectivity index (χ1n) is 9.76. The van der Waals surface area contributed by atoms with Crippen molar-refractivity contribution >= 4 is 11.6 Å². The summed E-state index contributed by atoms with van der Waals surface area (Å²) in [6.45, 7) is 9.46. The summed E-state index contributed by atoms with van der Waals surface area (Å²) in [4.78, 5) is 26.1. The van der Waals surface area contributed by atoms with Crippen molar-refractivity contribution in [2.24, 2.45) is 0 Å². The molecule has 3 aromatic rings. The van der Waals surface area contributed by atoms with Crippen LogP contribution >= 0.6 is 0 Å². The molecule has 0 saturated carbocycles. The van der Waals surface area contributed by atoms with Gasteiger partial charge in [-0.2, -0.15) is 10.1 Å². The van der Waals surface area contributed by atoms with E-state index in [2.05, 4.69) is 39.0 Å². The average molecular weight is 383 g/mol. The number of aryl methyl sites for hydroxylation is 1. The highest BCUT2D eigenvalue weighted by atomic mass is 16.5. The molecule has 0 radical (unpaired) electrons. The smallest absolute Gasteiger partial charge is 0.260 e. The van der Waals surface area contributed by atoms with E-state index in [9.17, 15) is 4.79 Å². The Morgan fingerprint density at radius 1 is 1.32 bits per heavy atom. The number of amides is 1. The molecule has 1 atom stereocenters. The molecule has 0 unspecified atom stereocenters. The van der Waals surface area contributed by atoms with Crippen molar-refractivity contribution in [3.63, 3.8) is 0 Å². The minimum Gasteiger partial charge on any atom is -0.337 e. The molecule has 3 aromatic heterocycles. The summed E-state index contributed by atoms with van der Waals surface area (Å²) in [5.41, 5.74) is 2.14. The van der Waals surface area contributed by atoms with Gasteiger partial charge in [0.25, 0.3) is 5.91 Å². The van der Waals surface area contributed by atoms with Crippen molar-refractivity contribution in [1.82, 2.24) is 34.5 Å². The molecule has 1 aliphatic heterocycles. The lowest BCUT2D eigenvalue weighted by Crippen LogP contribution is -2.30. The van der Waals surface area contributed by atoms with E-state index in [1.807, 2.05) is 12.4 Å². The second kappa shape index (κ2) is 7.67. The molecule has 1 saturated heterocycles. The minimum absolute atomic E-state index is 0.0997. The fourth-order valence-corrected chi connectivity index (χ4v) is 3.72. The summed E-state index contributed by atoms with van der Waals surface area (Å²) >= 11 is 0. The summed E-state index contributed by atoms with van der Waals surface area (Å²) in [5, 5.41) is 8.23. The van der Waals surface area contributed by atoms with E-state index in [1.165, 1.54) is 0 Å². The van der Waals surface area contributed by atoms with E-state index in [1.54, 1.807) is 22.5 Å². The molecule has 4 heterocycles. The van der Waals surface area contributed by atoms with Crippen LogP contribution in [0.2, 0.25) is 0 Å². The van der Waals surface area contributed by atoms with E-state index in [-0.39, 0.29) is 11.9 Å². The summed E-state index contributed by atoms with van der Waals surface area (Å²) in [6.07, 6.45) is 7.09. The van der Waals surface area contributed by atoms with Gasteiger partial charge in [0.15, 0.2) is 11.5 Å². The van der Waals surface area contributed by atoms with E-state index in [4.69, 9.17) is 4.52 Å². The third kappa shape index (κ3) is 3.37. The lowest BCUT2D eigenvalue weighted by Gasteiger charge is -2.21. The van der Waals surface area contributed by atoms with E-state index >= 15 is 0 Å². The number of rotatable bonds is 6. The molecular formula is C19H25N7O2. The molecule has 0 N–H and O–H groups in total. The Hall–Kier alpha value is -2.81. The van der Waals surface area contributed by atoms with Gasteiger partial charge in [0.1, 0.15) is 11.6 Å². The van der Waals surface area contributed by atoms with Crippen LogP contribution in [0.15, 0.2) is 23.1 Å². The fraction of sp³-hybridized carbons (Fsp3) is 0.526. The zero-order valence-corrected chi connectivity index (χ0v) is 16.5. The van der Waals surface area contributed by atoms with Gasteiger partial charge in [-0.3, -0.25) is 9.69 Å². The second-order valence-corrected chi connectivity index (χ2v) is 7.09. The van der Waals surface area contributed by atoms with Gasteiger partial charge in [-0.1, -0.05) is 19.0 Å². The van der Waals surface area contributed by atoms with E-state index in [0.29, 0.717) is 29.5 Å². The Kier molecular flexibility index (Phi) is 5.08. The second-order valence-electron chi connectivity index (χ2n) is 7.09. The Morgan fingerprint density at radius 3 is 2.86 bits per heavy atom. The molecular weight excluding hydrogens is 358 g/mol. The number of aromatic nitrogens is 5. The molecule has 0 bridgehead atoms. The molecule has 148 valence electrons. The molecule has 9 nitrogen and oxygen atoms in total. The number of hydrogen-bond donors (Lipinski definition) is 0. The number of carbonyl (C=O) groups excluding carboxylic acids is 1. The quantitative estimate of drug-likeness (QED) is 0.644. The number of carbonyl (C=O) groups is 1. The number of fused-ring (bicyclic) bond motifs is 1. The topological polar surface area (TPSA) is 92.7 Å². The Balaban J connectivity index is 1.59. The van der Waals surface area contributed by atoms with Crippen LogP contribution in [0.5, 0.6) is 0 Å². The molecule has 0 aromatic carbocycles. The summed E-state index contributed by atoms with van der Waals surface area (Å²) in [5.74, 6) is 0.972. The van der Waals surface area contributed by atoms with Crippen LogP contribution in [-0.4, -0.2) is 60.1 Å². The van der Waals surface area contributed by atoms with Crippen LogP contribution in [0, 0.1) is 6.92 Å². The number of likely N-dealkylation sites (tertiary alicyclic amines) is 1. The highest BCUT2D eigenvalue weighted by molar-refractivity contribution is 5.99. The van der Waals surface area contributed by atoms with Crippen molar-refractivity contribution in [2.75, 3.05) is 19.6 Å². The summed E-state index contributed by atoms with van der Waals surface area (Å²) in [6, 6.07) is -0.189. The van der Waals surface area contributed by atoms with Crippen LogP contribution in [0.3, 0.4) is 0 Å². The SMILES string of the molecule is CCN(CC)Cc1cnc2c(C(=O)N3CCC[C@@H]3c3nc(C)no3)cnn2c1. The molecule has 1 aliphatic rings. The van der Waals surface area contributed by atoms with Crippen LogP contribution in [0.4, 0.5) is 0 Å². The zero-order chi connectivity index (χ0) is 19.7. The van der Waals surface area contributed by atoms with Gasteiger partial charge in [-0.15, -0.1) is 0 Å². The zero-order valence-electron chi connectivity index (χ0n) is 16.5. The minimum atomic E-state index is -0.189. The Labute approximate surface area is 163 Å². The standard InChI is InChI=1S/C19H25N7O2/c1-4-24(5-2)11-14-9-20-17-15(10-21-26(17)12-14)19(27)25-8-6-7-16(25)18-22-13(3)23-28-18/h9-10,12,16H,4-8,11H2,1-3H3/t16-/m1/s1. The van der Waals surface area contributed by atoms with Crippen molar-refractivity contribution in [3.8, 4) is 0 Å². The predicted octanol–water partition coefficient (Wildman–Crippen LogP) is 2.24. The normalized spacial score (nSPS) is 17.1. The maximum Gasteiger partial charge on any atom is 0.260 e. The van der Waals surface area contributed by atoms with Crippen LogP contribution < -0.4 is 0 Å². The summed E-state index contributed by atoms with van der Waals surface area (Å²) in [7, 11) is 0. The Morgan fingerprint density at radius 2 is 2.14 bits per heavy atom. The lowest BCUT2D eigenvalue weighted by atomic mass is 10.2. The highest BCUT2D eigenvalue weighted by Crippen LogP contribution is 2.32. The van der Waals surface area contributed by atoms with Crippen LogP contribution in [-0.2, 0) is 6.54 Å². The van der Waals surface area contributed by atoms with Crippen molar-refractivity contribution < 1.29 is 9.32 Å². The van der Waals surface area contributed by atoms with E-state index in [0.717, 1.165) is 38.0 Å². The van der Waals surface area contributed by atoms with Gasteiger partial charge in [0.2, 0.25) is 5.89 Å². The molecule has 0 aliphatic carbocycles. The molecule has 0 spiro atoms. The predicted molar refractivity (Wildman–Crippen MR) is 102 cm³/mol. The average Bonchev–Trinajstić information content (AvgIpc) is 3.44. The molecule has 1 amide bonds. The molecule has 28 heavy (non-hydrogen) atoms. The molecule has 9 heteroatoms. The first-order valence-corrected chi connectivity index (χ1v) is 9.76. The number of nitrogens with zero attached hydrogens (tertiary/aromatic N) is 7. The summed E-state index contributed by atoms with van der Waals surface area (Å²) < 4.78 is 7.00. The monoisotopic (exact) mass is 383 g/mol. The highest BCUT2D eigenvalue weighted by Gasteiger charge is 2.35. The molecule has 4 rings (SSSR count). The maximum absolute atomic E-state index is 13.2. The van der Waals surface area contributed by atoms with Crippen molar-refractivity contribution in [2.45, 2.75) is 46.2 Å². The first kappa shape index (κ1) is 18.5. The van der Waals surface area contributed by atoms with Gasteiger partial charge in [0, 0.05) is 31.0 Å². The lowest BCUT2D eigenvalue weighted by molar-refractivity contribution is 0.0712. The van der Waals surface area contributed by atoms with Crippen LogP contribution in [0.1, 0.15) is 60.4 Å². The van der Waals surface area contributed by atoms with Crippen molar-refractivity contribution in [3.05, 3.63) is 41.4 Å². The number of hydrogen-bond acceptors (Lipinski definition) is 7. The van der Waals surface area contributed by atoms with Gasteiger partial charge < -0.3 is 9.42 Å². The Bertz CT molecular complexity index is 976. The van der Waals surface area contributed by atoms with Gasteiger partial charge in [0.05, 0.1) is 6.20 Å². The van der Waals surface area contributed by atoms with Gasteiger partial charge in [-0.05, 0) is 32.9 Å². The third-order valence-corrected chi connectivity index (χ3v) is 5.28. The van der Waals surface area contributed by atoms with Gasteiger partial charge >= 0.3 is 0 Å². The van der Waals surface area contributed by atoms with Gasteiger partial charge in [-0.25, -0.2) is 9.50 Å². The third-order valence-electron chi connectivity index (χ3n) is 5.28. The molecule has 1 fully saturated rings. The first-order chi connectivity index (χ1) is 13.6. The maximum atomic E-state index is 13.2. The van der Waals surface area contributed by atoms with Crippen LogP contribution in [0.25, 0.3) is 5.65 Å². The fourth-order valence-electron chi connectivity index (χ4n) is 3.72. The largest absolute Gasteiger partial charge is 0.337 e. The van der Waals surface area contributed by atoms with E-state index < -0.39 is 0 Å².